The average Bonchev–Trinajstić information content (AvgIpc) is 3.21. The van der Waals surface area contributed by atoms with E-state index in [0.717, 1.165) is 22.2 Å². The number of carbonyl (C=O) groups is 1. The van der Waals surface area contributed by atoms with Gasteiger partial charge in [-0.3, -0.25) is 28.4 Å². The number of aryl methyl sites for hydroxylation is 2. The van der Waals surface area contributed by atoms with Crippen LogP contribution in [0.5, 0.6) is 0 Å². The van der Waals surface area contributed by atoms with Gasteiger partial charge in [0.05, 0.1) is 17.4 Å². The number of aromatic amines is 1. The van der Waals surface area contributed by atoms with E-state index < -0.39 is 33.5 Å². The Morgan fingerprint density at radius 1 is 1.27 bits per heavy atom. The van der Waals surface area contributed by atoms with E-state index >= 15 is 0 Å². The van der Waals surface area contributed by atoms with Crippen molar-refractivity contribution in [2.24, 2.45) is 0 Å². The maximum Gasteiger partial charge on any atom is 0.357 e. The molecule has 0 spiro atoms. The molecular weight excluding hydrogens is 470 g/mol. The van der Waals surface area contributed by atoms with Crippen molar-refractivity contribution >= 4 is 33.2 Å². The minimum atomic E-state index is -4.38. The summed E-state index contributed by atoms with van der Waals surface area (Å²) in [5.74, 6) is -0.438. The van der Waals surface area contributed by atoms with Crippen LogP contribution in [0, 0.1) is 6.92 Å². The predicted molar refractivity (Wildman–Crippen MR) is 124 cm³/mol. The summed E-state index contributed by atoms with van der Waals surface area (Å²) in [5, 5.41) is 5.48. The van der Waals surface area contributed by atoms with E-state index in [-0.39, 0.29) is 12.2 Å². The summed E-state index contributed by atoms with van der Waals surface area (Å²) in [6.07, 6.45) is 2.42. The second-order valence-electron chi connectivity index (χ2n) is 7.33. The first-order valence-corrected chi connectivity index (χ1v) is 12.2. The lowest BCUT2D eigenvalue weighted by molar-refractivity contribution is -0.122. The molecule has 1 atom stereocenters. The molecule has 1 aromatic carbocycles. The lowest BCUT2D eigenvalue weighted by atomic mass is 10.1. The fraction of sp³-hybridized carbons (Fsp3) is 0.300. The third-order valence-electron chi connectivity index (χ3n) is 4.71. The van der Waals surface area contributed by atoms with Gasteiger partial charge in [0.1, 0.15) is 11.6 Å². The van der Waals surface area contributed by atoms with Gasteiger partial charge in [-0.15, -0.1) is 11.3 Å². The van der Waals surface area contributed by atoms with Crippen LogP contribution in [-0.4, -0.2) is 33.4 Å². The van der Waals surface area contributed by atoms with E-state index in [0.29, 0.717) is 17.0 Å². The molecule has 33 heavy (non-hydrogen) atoms. The second-order valence-corrected chi connectivity index (χ2v) is 9.37. The molecule has 0 aliphatic heterocycles. The largest absolute Gasteiger partial charge is 0.357 e. The van der Waals surface area contributed by atoms with Crippen molar-refractivity contribution in [1.29, 1.82) is 0 Å². The van der Waals surface area contributed by atoms with Gasteiger partial charge >= 0.3 is 16.0 Å². The molecule has 3 aromatic rings. The minimum Gasteiger partial charge on any atom is -0.345 e. The lowest BCUT2D eigenvalue weighted by Crippen LogP contribution is -2.38. The Hall–Kier alpha value is -3.29. The molecule has 0 aliphatic carbocycles. The van der Waals surface area contributed by atoms with Gasteiger partial charge in [-0.2, -0.15) is 8.42 Å². The van der Waals surface area contributed by atoms with E-state index in [1.165, 1.54) is 36.6 Å². The molecule has 2 aromatic heterocycles. The van der Waals surface area contributed by atoms with Crippen molar-refractivity contribution < 1.29 is 17.8 Å². The number of hydrogen-bond acceptors (Lipinski definition) is 7. The number of hydrogen-bond donors (Lipinski definition) is 4. The summed E-state index contributed by atoms with van der Waals surface area (Å²) in [4.78, 5) is 43.0. The van der Waals surface area contributed by atoms with Crippen LogP contribution >= 0.6 is 11.3 Å². The number of H-pyrrole nitrogens is 1. The molecule has 13 heteroatoms. The monoisotopic (exact) mass is 493 g/mol. The Kier molecular flexibility index (Phi) is 7.46. The van der Waals surface area contributed by atoms with Crippen molar-refractivity contribution in [3.63, 3.8) is 0 Å². The summed E-state index contributed by atoms with van der Waals surface area (Å²) in [6, 6.07) is 5.81. The first kappa shape index (κ1) is 24.4. The number of nitrogens with one attached hydrogen (secondary N) is 3. The topological polar surface area (TPSA) is 163 Å². The molecular formula is C20H23N5O6S2. The van der Waals surface area contributed by atoms with Crippen LogP contribution in [0.25, 0.3) is 0 Å². The zero-order valence-electron chi connectivity index (χ0n) is 17.9. The van der Waals surface area contributed by atoms with Crippen molar-refractivity contribution in [3.05, 3.63) is 78.5 Å². The molecule has 11 nitrogen and oxygen atoms in total. The van der Waals surface area contributed by atoms with Crippen molar-refractivity contribution in [2.45, 2.75) is 39.3 Å². The second kappa shape index (κ2) is 10.1. The number of nitrogens with zero attached hydrogens (tertiary/aromatic N) is 2. The smallest absolute Gasteiger partial charge is 0.345 e. The van der Waals surface area contributed by atoms with Gasteiger partial charge in [0, 0.05) is 17.1 Å². The SMILES string of the molecule is CCc1csc([C@H](Cc2ccc(NS(=O)(=O)O)cc2)NC(=O)Cn2cc(C)c(=O)[nH]c2=O)n1. The van der Waals surface area contributed by atoms with Crippen LogP contribution in [0.3, 0.4) is 0 Å². The Morgan fingerprint density at radius 2 is 1.97 bits per heavy atom. The number of amides is 1. The van der Waals surface area contributed by atoms with E-state index in [1.54, 1.807) is 12.1 Å². The predicted octanol–water partition coefficient (Wildman–Crippen LogP) is 1.18. The van der Waals surface area contributed by atoms with Gasteiger partial charge < -0.3 is 5.32 Å². The zero-order valence-corrected chi connectivity index (χ0v) is 19.5. The zero-order chi connectivity index (χ0) is 24.2. The highest BCUT2D eigenvalue weighted by molar-refractivity contribution is 7.87. The Morgan fingerprint density at radius 3 is 2.58 bits per heavy atom. The van der Waals surface area contributed by atoms with E-state index in [9.17, 15) is 22.8 Å². The summed E-state index contributed by atoms with van der Waals surface area (Å²) >= 11 is 1.40. The Balaban J connectivity index is 1.80. The van der Waals surface area contributed by atoms with Gasteiger partial charge in [0.15, 0.2) is 0 Å². The quantitative estimate of drug-likeness (QED) is 0.325. The van der Waals surface area contributed by atoms with Gasteiger partial charge in [-0.25, -0.2) is 9.78 Å². The Bertz CT molecular complexity index is 1360. The number of carbonyl (C=O) groups excluding carboxylic acids is 1. The first-order chi connectivity index (χ1) is 15.5. The van der Waals surface area contributed by atoms with Crippen molar-refractivity contribution in [1.82, 2.24) is 19.9 Å². The van der Waals surface area contributed by atoms with Crippen LogP contribution in [0.4, 0.5) is 5.69 Å². The van der Waals surface area contributed by atoms with Crippen molar-refractivity contribution in [2.75, 3.05) is 4.72 Å². The van der Waals surface area contributed by atoms with Gasteiger partial charge in [0.2, 0.25) is 5.91 Å². The van der Waals surface area contributed by atoms with Crippen LogP contribution in [0.1, 0.15) is 34.8 Å². The first-order valence-electron chi connectivity index (χ1n) is 9.92. The molecule has 0 unspecified atom stereocenters. The summed E-state index contributed by atoms with van der Waals surface area (Å²) < 4.78 is 33.9. The van der Waals surface area contributed by atoms with E-state index in [2.05, 4.69) is 15.3 Å². The van der Waals surface area contributed by atoms with Crippen molar-refractivity contribution in [3.8, 4) is 0 Å². The van der Waals surface area contributed by atoms with Crippen LogP contribution in [0.2, 0.25) is 0 Å². The molecule has 2 heterocycles. The highest BCUT2D eigenvalue weighted by Gasteiger charge is 2.20. The molecule has 176 valence electrons. The number of benzene rings is 1. The van der Waals surface area contributed by atoms with E-state index in [1.807, 2.05) is 17.0 Å². The Labute approximate surface area is 193 Å². The molecule has 4 N–H and O–H groups in total. The molecule has 0 radical (unpaired) electrons. The summed E-state index contributed by atoms with van der Waals surface area (Å²) in [6.45, 7) is 3.23. The highest BCUT2D eigenvalue weighted by Crippen LogP contribution is 2.23. The van der Waals surface area contributed by atoms with Crippen LogP contribution in [0.15, 0.2) is 45.4 Å². The van der Waals surface area contributed by atoms with Gasteiger partial charge in [-0.1, -0.05) is 19.1 Å². The molecule has 3 rings (SSSR count). The number of thiazole rings is 1. The molecule has 0 aliphatic rings. The van der Waals surface area contributed by atoms with Gasteiger partial charge in [0.25, 0.3) is 5.56 Å². The normalized spacial score (nSPS) is 12.3. The standard InChI is InChI=1S/C20H23N5O6S2/c1-3-14-11-32-19(21-14)16(8-13-4-6-15(7-5-13)24-33(29,30)31)22-17(26)10-25-9-12(2)18(27)23-20(25)28/h4-7,9,11,16,24H,3,8,10H2,1-2H3,(H,22,26)(H,23,27,28)(H,29,30,31)/t16-/m0/s1. The van der Waals surface area contributed by atoms with Crippen LogP contribution in [-0.2, 0) is 34.5 Å². The average molecular weight is 494 g/mol. The van der Waals surface area contributed by atoms with E-state index in [4.69, 9.17) is 4.55 Å². The lowest BCUT2D eigenvalue weighted by Gasteiger charge is -2.18. The fourth-order valence-corrected chi connectivity index (χ4v) is 4.46. The summed E-state index contributed by atoms with van der Waals surface area (Å²) in [5.41, 5.74) is 0.987. The molecule has 1 amide bonds. The third kappa shape index (κ3) is 6.84. The maximum absolute atomic E-state index is 12.7. The highest BCUT2D eigenvalue weighted by atomic mass is 32.2. The molecule has 0 saturated heterocycles. The fourth-order valence-electron chi connectivity index (χ4n) is 3.07. The van der Waals surface area contributed by atoms with Crippen LogP contribution < -0.4 is 21.3 Å². The molecule has 0 saturated carbocycles. The molecule has 0 bridgehead atoms. The maximum atomic E-state index is 12.7. The third-order valence-corrected chi connectivity index (χ3v) is 6.21. The summed E-state index contributed by atoms with van der Waals surface area (Å²) in [7, 11) is -4.38. The van der Waals surface area contributed by atoms with Gasteiger partial charge in [-0.05, 0) is 37.5 Å². The molecule has 0 fully saturated rings. The number of rotatable bonds is 9. The number of aromatic nitrogens is 3. The minimum absolute atomic E-state index is 0.192. The number of anilines is 1.